The van der Waals surface area contributed by atoms with Crippen LogP contribution in [0.4, 0.5) is 5.13 Å². The summed E-state index contributed by atoms with van der Waals surface area (Å²) in [4.78, 5) is 60.3. The van der Waals surface area contributed by atoms with Gasteiger partial charge in [0.05, 0.1) is 7.11 Å². The molecule has 91 heavy (non-hydrogen) atoms. The third-order valence-electron chi connectivity index (χ3n) is 16.5. The number of methoxy groups -OCH3 is 1. The zero-order valence-electron chi connectivity index (χ0n) is 49.6. The van der Waals surface area contributed by atoms with Crippen molar-refractivity contribution in [3.8, 4) is 5.75 Å². The number of thiazole rings is 1. The number of amides is 2. The number of esters is 1. The fourth-order valence-electron chi connectivity index (χ4n) is 12.2. The van der Waals surface area contributed by atoms with E-state index in [0.717, 1.165) is 54.9 Å². The fourth-order valence-corrected chi connectivity index (χ4v) is 18.3. The molecule has 2 atom stereocenters. The average Bonchev–Trinajstić information content (AvgIpc) is 1.07. The first-order valence-electron chi connectivity index (χ1n) is 29.8. The highest BCUT2D eigenvalue weighted by Crippen LogP contribution is 2.49. The molecule has 13 rings (SSSR count). The number of fused-ring (bicyclic) bond motifs is 1. The molecule has 11 nitrogen and oxygen atoms in total. The highest BCUT2D eigenvalue weighted by atomic mass is 32.2. The van der Waals surface area contributed by atoms with Gasteiger partial charge in [-0.05, 0) is 68.6 Å². The molecular weight excluding hydrogens is 1190 g/mol. The monoisotopic (exact) mass is 1250 g/mol. The number of ether oxygens (including phenoxy) is 2. The van der Waals surface area contributed by atoms with Crippen molar-refractivity contribution in [3.05, 3.63) is 359 Å². The van der Waals surface area contributed by atoms with Gasteiger partial charge in [-0.2, -0.15) is 0 Å². The number of benzene rings is 10. The van der Waals surface area contributed by atoms with E-state index in [1.165, 1.54) is 28.0 Å². The number of hydrogen-bond donors (Lipinski definition) is 2. The maximum Gasteiger partial charge on any atom is 0.355 e. The number of β-lactam (4-membered cyclic amide) rings is 1. The lowest BCUT2D eigenvalue weighted by molar-refractivity contribution is -0.153. The number of nitrogens with one attached hydrogen (secondary N) is 2. The van der Waals surface area contributed by atoms with Crippen molar-refractivity contribution in [3.63, 3.8) is 0 Å². The van der Waals surface area contributed by atoms with Crippen LogP contribution in [0.15, 0.2) is 319 Å². The predicted molar refractivity (Wildman–Crippen MR) is 368 cm³/mol. The van der Waals surface area contributed by atoms with Crippen LogP contribution in [0, 0.1) is 0 Å². The van der Waals surface area contributed by atoms with Crippen LogP contribution in [0.2, 0.25) is 0 Å². The van der Waals surface area contributed by atoms with Gasteiger partial charge in [0.2, 0.25) is 5.60 Å². The van der Waals surface area contributed by atoms with Crippen molar-refractivity contribution in [2.75, 3.05) is 18.2 Å². The minimum Gasteiger partial charge on any atom is -0.497 e. The number of oxime groups is 1. The van der Waals surface area contributed by atoms with Gasteiger partial charge < -0.3 is 24.9 Å². The van der Waals surface area contributed by atoms with Crippen LogP contribution in [0.25, 0.3) is 0 Å². The molecule has 0 spiro atoms. The summed E-state index contributed by atoms with van der Waals surface area (Å²) in [6.45, 7) is -2.80. The number of nitrogens with zero attached hydrogens (tertiary/aromatic N) is 3. The first-order chi connectivity index (χ1) is 44.8. The van der Waals surface area contributed by atoms with Gasteiger partial charge in [-0.3, -0.25) is 14.5 Å². The first-order valence-corrected chi connectivity index (χ1v) is 33.6. The molecule has 0 aliphatic carbocycles. The van der Waals surface area contributed by atoms with E-state index in [-0.39, 0.29) is 23.7 Å². The van der Waals surface area contributed by atoms with Crippen LogP contribution in [0.3, 0.4) is 0 Å². The molecule has 1 saturated heterocycles. The van der Waals surface area contributed by atoms with Crippen LogP contribution in [-0.4, -0.2) is 63.5 Å². The Balaban J connectivity index is 0.928. The summed E-state index contributed by atoms with van der Waals surface area (Å²) in [5.41, 5.74) is 4.28. The number of anilines is 1. The van der Waals surface area contributed by atoms with E-state index in [4.69, 9.17) is 24.5 Å². The minimum absolute atomic E-state index is 0.0696. The van der Waals surface area contributed by atoms with E-state index in [9.17, 15) is 0 Å². The van der Waals surface area contributed by atoms with Crippen LogP contribution < -0.4 is 31.3 Å². The van der Waals surface area contributed by atoms with Crippen molar-refractivity contribution in [2.24, 2.45) is 5.16 Å². The Morgan fingerprint density at radius 2 is 1.00 bits per heavy atom. The topological polar surface area (TPSA) is 131 Å². The van der Waals surface area contributed by atoms with Gasteiger partial charge in [-0.25, -0.2) is 9.78 Å². The molecule has 10 aromatic carbocycles. The van der Waals surface area contributed by atoms with Crippen LogP contribution in [-0.2, 0) is 41.7 Å². The van der Waals surface area contributed by atoms with Gasteiger partial charge in [0, 0.05) is 27.8 Å². The van der Waals surface area contributed by atoms with Crippen LogP contribution >= 0.6 is 30.0 Å². The molecule has 1 aromatic heterocycles. The predicted octanol–water partition coefficient (Wildman–Crippen LogP) is 13.5. The third-order valence-corrected chi connectivity index (χ3v) is 22.6. The third kappa shape index (κ3) is 11.7. The first kappa shape index (κ1) is 59.7. The Morgan fingerprint density at radius 1 is 0.582 bits per heavy atom. The van der Waals surface area contributed by atoms with Crippen LogP contribution in [0.5, 0.6) is 5.75 Å². The summed E-state index contributed by atoms with van der Waals surface area (Å²) < 4.78 is 11.6. The molecule has 2 amide bonds. The maximum atomic E-state index is 15.8. The van der Waals surface area contributed by atoms with E-state index < -0.39 is 47.2 Å². The van der Waals surface area contributed by atoms with Crippen molar-refractivity contribution >= 4 is 80.3 Å². The lowest BCUT2D eigenvalue weighted by atomic mass is 9.77. The van der Waals surface area contributed by atoms with Gasteiger partial charge in [0.25, 0.3) is 11.8 Å². The molecule has 2 aliphatic heterocycles. The molecule has 14 heteroatoms. The lowest BCUT2D eigenvalue weighted by Crippen LogP contribution is -2.71. The molecule has 1 unspecified atom stereocenters. The number of aromatic nitrogens is 1. The highest BCUT2D eigenvalue weighted by molar-refractivity contribution is 8.00. The molecule has 2 N–H and O–H groups in total. The number of hydrogen-bond acceptors (Lipinski definition) is 11. The molecule has 0 radical (unpaired) electrons. The molecule has 11 aromatic rings. The summed E-state index contributed by atoms with van der Waals surface area (Å²) >= 11 is 2.78. The van der Waals surface area contributed by atoms with Crippen molar-refractivity contribution in [2.45, 2.75) is 29.2 Å². The number of carbonyl (C=O) groups is 3. The Labute approximate surface area is 537 Å². The van der Waals surface area contributed by atoms with Gasteiger partial charge in [0.1, 0.15) is 40.7 Å². The Kier molecular flexibility index (Phi) is 17.6. The average molecular weight is 1250 g/mol. The molecule has 448 valence electrons. The van der Waals surface area contributed by atoms with Crippen molar-refractivity contribution < 1.29 is 28.7 Å². The van der Waals surface area contributed by atoms with E-state index in [0.29, 0.717) is 22.2 Å². The SMILES string of the molecule is COc1ccc(COC(=O)C2=C(C=P(c3ccccc3)(c3ccccc3)c3ccccc3)CS[C@@H]3C(NC(=O)/C(=N/OC(c4ccccc4)(c4ccccc4)c4ccccc4)c4csc(NC(c5ccccc5)(c5ccccc5)c5ccccc5)n4)C(=O)N23)cc1. The van der Waals surface area contributed by atoms with E-state index in [2.05, 4.69) is 89.2 Å². The summed E-state index contributed by atoms with van der Waals surface area (Å²) in [5.74, 6) is 1.29. The molecule has 2 aliphatic rings. The van der Waals surface area contributed by atoms with E-state index in [1.54, 1.807) is 12.5 Å². The standard InChI is InChI=1S/C77H62N5O6PS2/c1-86-63-49-47-55(48-50-63)51-87-74(85)70-56(52-89(64-41-23-8-24-42-64,65-43-25-9-26-44-65)66-45-27-10-28-46-66)53-90-73-69(72(84)82(70)73)79-71(83)68(81-88-77(60-35-17-5-18-36-60,61-37-19-6-20-38-61)62-39-21-7-22-40-62)67-54-91-75(78-67)80-76(57-29-11-2-12-30-57,58-31-13-3-14-32-58)59-33-15-4-16-34-59/h2-50,52,54,69,73H,51,53H2,1H3,(H,78,80)(H,79,83)/b81-68+/t69?,73-/m1/s1. The lowest BCUT2D eigenvalue weighted by Gasteiger charge is -2.49. The van der Waals surface area contributed by atoms with Gasteiger partial charge >= 0.3 is 5.97 Å². The maximum absolute atomic E-state index is 15.8. The van der Waals surface area contributed by atoms with Crippen molar-refractivity contribution in [1.29, 1.82) is 0 Å². The van der Waals surface area contributed by atoms with Gasteiger partial charge in [0.15, 0.2) is 10.8 Å². The van der Waals surface area contributed by atoms with Crippen molar-refractivity contribution in [1.82, 2.24) is 15.2 Å². The fraction of sp³-hybridized carbons (Fsp3) is 0.0909. The smallest absolute Gasteiger partial charge is 0.355 e. The normalized spacial score (nSPS) is 14.9. The molecule has 0 bridgehead atoms. The second-order valence-electron chi connectivity index (χ2n) is 21.8. The minimum atomic E-state index is -2.73. The van der Waals surface area contributed by atoms with E-state index >= 15 is 14.4 Å². The van der Waals surface area contributed by atoms with Gasteiger partial charge in [-0.1, -0.05) is 290 Å². The summed E-state index contributed by atoms with van der Waals surface area (Å²) in [6.07, 6.45) is 0. The summed E-state index contributed by atoms with van der Waals surface area (Å²) in [7, 11) is 1.60. The highest BCUT2D eigenvalue weighted by Gasteiger charge is 2.55. The summed E-state index contributed by atoms with van der Waals surface area (Å²) in [5, 5.41) is 16.7. The molecule has 0 saturated carbocycles. The Hall–Kier alpha value is -10.3. The Bertz CT molecular complexity index is 4140. The zero-order valence-corrected chi connectivity index (χ0v) is 52.1. The second kappa shape index (κ2) is 26.8. The zero-order chi connectivity index (χ0) is 62.0. The Morgan fingerprint density at radius 3 is 1.43 bits per heavy atom. The number of rotatable bonds is 21. The summed E-state index contributed by atoms with van der Waals surface area (Å²) in [6, 6.07) is 97.0. The molecule has 3 heterocycles. The second-order valence-corrected chi connectivity index (χ2v) is 27.1. The largest absolute Gasteiger partial charge is 0.497 e. The molecule has 1 fully saturated rings. The van der Waals surface area contributed by atoms with E-state index in [1.807, 2.05) is 224 Å². The molecular formula is C77H62N5O6PS2. The van der Waals surface area contributed by atoms with Gasteiger partial charge in [-0.15, -0.1) is 23.1 Å². The number of thioether (sulfide) groups is 1. The quantitative estimate of drug-likeness (QED) is 0.0180. The van der Waals surface area contributed by atoms with Crippen LogP contribution in [0.1, 0.15) is 44.6 Å². The number of carbonyl (C=O) groups excluding carboxylic acids is 3.